The van der Waals surface area contributed by atoms with E-state index in [1.54, 1.807) is 0 Å². The van der Waals surface area contributed by atoms with Gasteiger partial charge in [-0.25, -0.2) is 4.79 Å². The minimum atomic E-state index is -0.696. The fraction of sp³-hybridized carbons (Fsp3) is 0.833. The van der Waals surface area contributed by atoms with Crippen LogP contribution in [0.2, 0.25) is 0 Å². The number of carbonyl (C=O) groups excluding carboxylic acids is 1. The van der Waals surface area contributed by atoms with E-state index >= 15 is 0 Å². The highest BCUT2D eigenvalue weighted by Crippen LogP contribution is 2.49. The molecule has 102 valence electrons. The number of carbonyl (C=O) groups is 2. The van der Waals surface area contributed by atoms with Gasteiger partial charge in [-0.2, -0.15) is 0 Å². The lowest BCUT2D eigenvalue weighted by atomic mass is 9.87. The molecule has 3 unspecified atom stereocenters. The normalized spacial score (nSPS) is 33.6. The van der Waals surface area contributed by atoms with E-state index in [9.17, 15) is 9.59 Å². The summed E-state index contributed by atoms with van der Waals surface area (Å²) in [5.74, 6) is -1.00. The Morgan fingerprint density at radius 3 is 2.44 bits per heavy atom. The average Bonchev–Trinajstić information content (AvgIpc) is 2.93. The van der Waals surface area contributed by atoms with E-state index in [4.69, 9.17) is 14.9 Å². The van der Waals surface area contributed by atoms with Crippen molar-refractivity contribution in [3.05, 3.63) is 0 Å². The summed E-state index contributed by atoms with van der Waals surface area (Å²) in [6.45, 7) is -0.179. The Morgan fingerprint density at radius 2 is 1.89 bits per heavy atom. The van der Waals surface area contributed by atoms with Crippen molar-refractivity contribution in [2.24, 2.45) is 17.8 Å². The Labute approximate surface area is 105 Å². The van der Waals surface area contributed by atoms with Gasteiger partial charge in [0.1, 0.15) is 13.2 Å². The molecule has 0 amide bonds. The van der Waals surface area contributed by atoms with Gasteiger partial charge in [0.2, 0.25) is 0 Å². The number of hydrogen-bond donors (Lipinski definition) is 2. The molecule has 2 N–H and O–H groups in total. The highest BCUT2D eigenvalue weighted by Gasteiger charge is 2.49. The number of carboxylic acids is 1. The molecule has 0 aromatic heterocycles. The monoisotopic (exact) mass is 258 g/mol. The largest absolute Gasteiger partial charge is 0.481 e. The van der Waals surface area contributed by atoms with Gasteiger partial charge in [-0.05, 0) is 31.1 Å². The van der Waals surface area contributed by atoms with Crippen LogP contribution in [0, 0.1) is 17.8 Å². The van der Waals surface area contributed by atoms with Gasteiger partial charge in [0.15, 0.2) is 0 Å². The van der Waals surface area contributed by atoms with Crippen LogP contribution in [0.25, 0.3) is 0 Å². The predicted octanol–water partition coefficient (Wildman–Crippen LogP) is 0.0378. The standard InChI is InChI=1S/C12H18O6/c13-6-11(14)18-2-1-17-10-5-7-3-8(10)4-9(7)12(15)16/h7-10,13H,1-6H2,(H,15,16)/t7?,8?,9?,10-/m0/s1. The lowest BCUT2D eigenvalue weighted by Gasteiger charge is -2.25. The number of hydrogen-bond acceptors (Lipinski definition) is 5. The highest BCUT2D eigenvalue weighted by molar-refractivity contribution is 5.71. The second-order valence-electron chi connectivity index (χ2n) is 4.96. The van der Waals surface area contributed by atoms with Crippen molar-refractivity contribution >= 4 is 11.9 Å². The molecule has 0 aromatic carbocycles. The summed E-state index contributed by atoms with van der Waals surface area (Å²) in [4.78, 5) is 21.6. The maximum atomic E-state index is 10.9. The Morgan fingerprint density at radius 1 is 1.11 bits per heavy atom. The minimum absolute atomic E-state index is 0.0958. The number of fused-ring (bicyclic) bond motifs is 2. The van der Waals surface area contributed by atoms with Crippen LogP contribution in [0.15, 0.2) is 0 Å². The second kappa shape index (κ2) is 5.67. The first-order valence-corrected chi connectivity index (χ1v) is 6.22. The van der Waals surface area contributed by atoms with Gasteiger partial charge in [-0.15, -0.1) is 0 Å². The number of carboxylic acid groups (broad SMARTS) is 1. The van der Waals surface area contributed by atoms with Gasteiger partial charge < -0.3 is 19.7 Å². The van der Waals surface area contributed by atoms with E-state index in [-0.39, 0.29) is 24.5 Å². The van der Waals surface area contributed by atoms with Gasteiger partial charge in [-0.1, -0.05) is 0 Å². The second-order valence-corrected chi connectivity index (χ2v) is 4.96. The van der Waals surface area contributed by atoms with Crippen molar-refractivity contribution in [1.29, 1.82) is 0 Å². The molecule has 6 nitrogen and oxygen atoms in total. The molecule has 2 bridgehead atoms. The summed E-state index contributed by atoms with van der Waals surface area (Å²) in [6.07, 6.45) is 2.51. The third-order valence-corrected chi connectivity index (χ3v) is 3.92. The molecule has 0 spiro atoms. The molecule has 2 aliphatic rings. The number of esters is 1. The molecule has 0 heterocycles. The summed E-state index contributed by atoms with van der Waals surface area (Å²) < 4.78 is 10.3. The topological polar surface area (TPSA) is 93.1 Å². The summed E-state index contributed by atoms with van der Waals surface area (Å²) in [5.41, 5.74) is 0. The van der Waals surface area contributed by atoms with Crippen molar-refractivity contribution in [3.63, 3.8) is 0 Å². The van der Waals surface area contributed by atoms with E-state index in [0.29, 0.717) is 18.9 Å². The van der Waals surface area contributed by atoms with Crippen LogP contribution in [0.4, 0.5) is 0 Å². The maximum Gasteiger partial charge on any atom is 0.331 e. The molecular weight excluding hydrogens is 240 g/mol. The zero-order valence-electron chi connectivity index (χ0n) is 10.1. The summed E-state index contributed by atoms with van der Waals surface area (Å²) in [5, 5.41) is 17.4. The quantitative estimate of drug-likeness (QED) is 0.516. The van der Waals surface area contributed by atoms with Crippen molar-refractivity contribution in [1.82, 2.24) is 0 Å². The van der Waals surface area contributed by atoms with Crippen molar-refractivity contribution in [3.8, 4) is 0 Å². The molecule has 0 radical (unpaired) electrons. The number of ether oxygens (including phenoxy) is 2. The zero-order valence-corrected chi connectivity index (χ0v) is 10.1. The summed E-state index contributed by atoms with van der Waals surface area (Å²) >= 11 is 0. The van der Waals surface area contributed by atoms with Crippen LogP contribution in [0.1, 0.15) is 19.3 Å². The first kappa shape index (κ1) is 13.3. The molecule has 2 saturated carbocycles. The number of aliphatic hydroxyl groups excluding tert-OH is 1. The van der Waals surface area contributed by atoms with E-state index < -0.39 is 18.5 Å². The maximum absolute atomic E-state index is 10.9. The van der Waals surface area contributed by atoms with Crippen LogP contribution >= 0.6 is 0 Å². The summed E-state index contributed by atoms with van der Waals surface area (Å²) in [6, 6.07) is 0. The van der Waals surface area contributed by atoms with Gasteiger partial charge in [0, 0.05) is 0 Å². The van der Waals surface area contributed by atoms with E-state index in [1.165, 1.54) is 0 Å². The molecule has 0 aromatic rings. The van der Waals surface area contributed by atoms with Crippen LogP contribution in [0.3, 0.4) is 0 Å². The lowest BCUT2D eigenvalue weighted by molar-refractivity contribution is -0.150. The molecular formula is C12H18O6. The van der Waals surface area contributed by atoms with Crippen molar-refractivity contribution < 1.29 is 29.3 Å². The smallest absolute Gasteiger partial charge is 0.331 e. The fourth-order valence-corrected chi connectivity index (χ4v) is 3.13. The SMILES string of the molecule is O=C(CO)OCCO[C@H]1CC2CC1CC2C(=O)O. The van der Waals surface area contributed by atoms with E-state index in [0.717, 1.165) is 12.8 Å². The molecule has 6 heteroatoms. The van der Waals surface area contributed by atoms with E-state index in [1.807, 2.05) is 0 Å². The zero-order chi connectivity index (χ0) is 13.1. The Bertz CT molecular complexity index is 329. The van der Waals surface area contributed by atoms with Gasteiger partial charge in [-0.3, -0.25) is 4.79 Å². The lowest BCUT2D eigenvalue weighted by Crippen LogP contribution is -2.29. The van der Waals surface area contributed by atoms with Gasteiger partial charge in [0.05, 0.1) is 18.6 Å². The van der Waals surface area contributed by atoms with Crippen molar-refractivity contribution in [2.45, 2.75) is 25.4 Å². The molecule has 4 atom stereocenters. The average molecular weight is 258 g/mol. The first-order valence-electron chi connectivity index (χ1n) is 6.22. The van der Waals surface area contributed by atoms with Crippen LogP contribution in [-0.2, 0) is 19.1 Å². The van der Waals surface area contributed by atoms with Crippen LogP contribution in [-0.4, -0.2) is 48.1 Å². The van der Waals surface area contributed by atoms with Crippen molar-refractivity contribution in [2.75, 3.05) is 19.8 Å². The number of rotatable bonds is 6. The molecule has 2 rings (SSSR count). The molecule has 0 aliphatic heterocycles. The highest BCUT2D eigenvalue weighted by atomic mass is 16.6. The predicted molar refractivity (Wildman–Crippen MR) is 59.7 cm³/mol. The molecule has 18 heavy (non-hydrogen) atoms. The minimum Gasteiger partial charge on any atom is -0.481 e. The van der Waals surface area contributed by atoms with Gasteiger partial charge >= 0.3 is 11.9 Å². The molecule has 0 saturated heterocycles. The van der Waals surface area contributed by atoms with E-state index in [2.05, 4.69) is 4.74 Å². The van der Waals surface area contributed by atoms with Gasteiger partial charge in [0.25, 0.3) is 0 Å². The molecule has 2 aliphatic carbocycles. The Kier molecular flexibility index (Phi) is 4.19. The fourth-order valence-electron chi connectivity index (χ4n) is 3.13. The Hall–Kier alpha value is -1.14. The third kappa shape index (κ3) is 2.81. The molecule has 2 fully saturated rings. The first-order chi connectivity index (χ1) is 8.61. The Balaban J connectivity index is 1.66. The number of aliphatic hydroxyl groups is 1. The summed E-state index contributed by atoms with van der Waals surface area (Å²) in [7, 11) is 0. The third-order valence-electron chi connectivity index (χ3n) is 3.92. The van der Waals surface area contributed by atoms with Crippen LogP contribution < -0.4 is 0 Å². The number of aliphatic carboxylic acids is 1. The van der Waals surface area contributed by atoms with Crippen LogP contribution in [0.5, 0.6) is 0 Å².